The number of benzene rings is 4. The molecule has 1 aliphatic carbocycles. The van der Waals surface area contributed by atoms with Crippen molar-refractivity contribution in [2.75, 3.05) is 39.5 Å². The fourth-order valence-corrected chi connectivity index (χ4v) is 9.13. The van der Waals surface area contributed by atoms with Gasteiger partial charge in [0.1, 0.15) is 6.54 Å². The van der Waals surface area contributed by atoms with Gasteiger partial charge in [0.05, 0.1) is 23.8 Å². The quantitative estimate of drug-likeness (QED) is 0.0266. The zero-order valence-corrected chi connectivity index (χ0v) is 35.9. The molecular weight excluding hydrogens is 839 g/mol. The van der Waals surface area contributed by atoms with E-state index in [9.17, 15) is 40.3 Å². The summed E-state index contributed by atoms with van der Waals surface area (Å²) < 4.78 is 78.4. The number of nitrogens with one attached hydrogen (secondary N) is 3. The molecule has 0 saturated heterocycles. The lowest BCUT2D eigenvalue weighted by Gasteiger charge is -2.22. The highest BCUT2D eigenvalue weighted by atomic mass is 32.2. The van der Waals surface area contributed by atoms with Crippen molar-refractivity contribution >= 4 is 65.5 Å². The fourth-order valence-electron chi connectivity index (χ4n) is 7.65. The van der Waals surface area contributed by atoms with Crippen LogP contribution in [0.2, 0.25) is 0 Å². The third-order valence-corrected chi connectivity index (χ3v) is 12.4. The Labute approximate surface area is 358 Å². The van der Waals surface area contributed by atoms with Gasteiger partial charge in [-0.1, -0.05) is 36.4 Å². The van der Waals surface area contributed by atoms with Crippen LogP contribution in [0.4, 0.5) is 5.69 Å². The Morgan fingerprint density at radius 3 is 2.18 bits per heavy atom. The Hall–Kier alpha value is -6.12. The van der Waals surface area contributed by atoms with Gasteiger partial charge in [0.25, 0.3) is 26.1 Å². The number of nitrogen functional groups attached to an aromatic ring is 1. The van der Waals surface area contributed by atoms with E-state index >= 15 is 0 Å². The summed E-state index contributed by atoms with van der Waals surface area (Å²) in [5, 5.41) is 16.7. The number of nitrogens with two attached hydrogens (primary N) is 2. The Kier molecular flexibility index (Phi) is 14.1. The first-order valence-electron chi connectivity index (χ1n) is 20.1. The van der Waals surface area contributed by atoms with Crippen molar-refractivity contribution in [3.63, 3.8) is 0 Å². The molecule has 0 saturated carbocycles. The number of quaternary nitrogens is 1. The van der Waals surface area contributed by atoms with Gasteiger partial charge in [0.2, 0.25) is 11.8 Å². The number of carbonyl (C=O) groups excluding carboxylic acids is 3. The van der Waals surface area contributed by atoms with E-state index in [0.29, 0.717) is 32.5 Å². The van der Waals surface area contributed by atoms with Crippen molar-refractivity contribution in [3.05, 3.63) is 95.5 Å². The summed E-state index contributed by atoms with van der Waals surface area (Å²) in [6, 6.07) is 21.6. The van der Waals surface area contributed by atoms with Crippen LogP contribution < -0.4 is 27.0 Å². The lowest BCUT2D eigenvalue weighted by molar-refractivity contribution is -0.644. The smallest absolute Gasteiger partial charge is 0.300 e. The topological polar surface area (TPSA) is 272 Å². The minimum absolute atomic E-state index is 0.00829. The summed E-state index contributed by atoms with van der Waals surface area (Å²) in [5.41, 5.74) is 7.69. The van der Waals surface area contributed by atoms with Gasteiger partial charge in [-0.15, -0.1) is 0 Å². The molecule has 62 heavy (non-hydrogen) atoms. The maximum Gasteiger partial charge on any atom is 0.300 e. The van der Waals surface area contributed by atoms with Gasteiger partial charge in [-0.25, -0.2) is 0 Å². The van der Waals surface area contributed by atoms with Crippen molar-refractivity contribution in [3.8, 4) is 22.5 Å². The van der Waals surface area contributed by atoms with Crippen LogP contribution in [-0.4, -0.2) is 86.9 Å². The monoisotopic (exact) mass is 888 g/mol. The second-order valence-corrected chi connectivity index (χ2v) is 17.7. The van der Waals surface area contributed by atoms with Crippen LogP contribution in [0.5, 0.6) is 0 Å². The predicted octanol–water partition coefficient (Wildman–Crippen LogP) is 3.75. The van der Waals surface area contributed by atoms with E-state index in [-0.39, 0.29) is 52.4 Å². The Bertz CT molecular complexity index is 2910. The third-order valence-electron chi connectivity index (χ3n) is 10.6. The average Bonchev–Trinajstić information content (AvgIpc) is 3.57. The van der Waals surface area contributed by atoms with E-state index in [0.717, 1.165) is 42.8 Å². The molecule has 328 valence electrons. The standard InChI is InChI=1S/C43H49N7O10S2/c1-46-26-28-25-27-11-4-7-14-35(27)50(28)24-20-37(52)48-22-9-3-8-21-47-36(51)15-10-23-49(2)43(53)30-13-6-5-12-29(30)38-31-16-18-33(44)41(61(54,55)56)39(31)60-40-32(38)17-19-34(45)42(40)62(57,58)59/h4-7,11-14,16-19,25,44,46H,3,8-10,15,20-24,26,45H2,1-2H3,(H,47,51)(H,48,52)(H,54,55,56)(H,57,58,59)/p+1. The van der Waals surface area contributed by atoms with Crippen LogP contribution >= 0.6 is 0 Å². The van der Waals surface area contributed by atoms with Crippen LogP contribution in [-0.2, 0) is 42.9 Å². The van der Waals surface area contributed by atoms with E-state index in [4.69, 9.17) is 15.6 Å². The number of unbranched alkanes of at least 4 members (excludes halogenated alkanes) is 2. The van der Waals surface area contributed by atoms with Crippen molar-refractivity contribution in [1.29, 1.82) is 5.41 Å². The van der Waals surface area contributed by atoms with Crippen molar-refractivity contribution in [2.45, 2.75) is 61.4 Å². The molecule has 9 N–H and O–H groups in total. The van der Waals surface area contributed by atoms with E-state index in [1.54, 1.807) is 25.2 Å². The number of hydrogen-bond donors (Lipinski definition) is 7. The number of para-hydroxylation sites is 1. The first kappa shape index (κ1) is 45.4. The minimum atomic E-state index is -5.12. The summed E-state index contributed by atoms with van der Waals surface area (Å²) in [6.45, 7) is 2.62. The molecule has 6 rings (SSSR count). The molecule has 17 nitrogen and oxygen atoms in total. The molecule has 0 atom stereocenters. The molecule has 0 fully saturated rings. The number of aromatic nitrogens is 1. The average molecular weight is 889 g/mol. The molecule has 1 aliphatic heterocycles. The molecule has 0 radical (unpaired) electrons. The first-order chi connectivity index (χ1) is 29.5. The maximum atomic E-state index is 14.0. The largest absolute Gasteiger partial charge is 0.453 e. The Balaban J connectivity index is 1.03. The highest BCUT2D eigenvalue weighted by molar-refractivity contribution is 7.86. The fraction of sp³-hybridized carbons (Fsp3) is 0.302. The lowest BCUT2D eigenvalue weighted by atomic mass is 9.90. The molecule has 2 heterocycles. The number of aryl methyl sites for hydroxylation is 1. The van der Waals surface area contributed by atoms with E-state index in [1.165, 1.54) is 34.9 Å². The molecule has 19 heteroatoms. The van der Waals surface area contributed by atoms with Gasteiger partial charge >= 0.3 is 0 Å². The normalized spacial score (nSPS) is 11.9. The van der Waals surface area contributed by atoms with E-state index in [2.05, 4.69) is 38.7 Å². The second-order valence-electron chi connectivity index (χ2n) is 15.0. The Morgan fingerprint density at radius 1 is 0.823 bits per heavy atom. The van der Waals surface area contributed by atoms with Crippen LogP contribution in [0.15, 0.2) is 93.1 Å². The SMILES string of the molecule is C[NH2+]Cc1cc2ccccc2n1CCC(=O)NCCCCCNC(=O)CCCN(C)C(=O)c1ccccc1-c1c2ccc(=N)c(S(=O)(=O)O)c-2oc2c(S(=O)(=O)O)c(N)ccc12. The molecule has 0 spiro atoms. The summed E-state index contributed by atoms with van der Waals surface area (Å²) in [5.74, 6) is -1.27. The van der Waals surface area contributed by atoms with Crippen molar-refractivity contribution < 1.29 is 50.1 Å². The molecule has 3 aromatic carbocycles. The van der Waals surface area contributed by atoms with Gasteiger partial charge in [0.15, 0.2) is 21.1 Å². The summed E-state index contributed by atoms with van der Waals surface area (Å²) >= 11 is 0. The molecule has 2 aliphatic rings. The highest BCUT2D eigenvalue weighted by Gasteiger charge is 2.32. The molecule has 3 amide bonds. The number of fused-ring (bicyclic) bond motifs is 3. The van der Waals surface area contributed by atoms with Crippen LogP contribution in [0.3, 0.4) is 0 Å². The lowest BCUT2D eigenvalue weighted by Crippen LogP contribution is -2.78. The van der Waals surface area contributed by atoms with E-state index < -0.39 is 58.3 Å². The van der Waals surface area contributed by atoms with Crippen LogP contribution in [0.25, 0.3) is 44.3 Å². The third kappa shape index (κ3) is 10.1. The molecular formula is C43H50N7O10S2+. The zero-order valence-electron chi connectivity index (χ0n) is 34.3. The van der Waals surface area contributed by atoms with Crippen LogP contribution in [0, 0.1) is 5.41 Å². The number of rotatable bonds is 19. The van der Waals surface area contributed by atoms with Gasteiger partial charge in [-0.3, -0.25) is 28.9 Å². The zero-order chi connectivity index (χ0) is 44.8. The number of hydrogen-bond acceptors (Lipinski definition) is 10. The van der Waals surface area contributed by atoms with Crippen molar-refractivity contribution in [1.82, 2.24) is 20.1 Å². The predicted molar refractivity (Wildman–Crippen MR) is 232 cm³/mol. The summed E-state index contributed by atoms with van der Waals surface area (Å²) in [7, 11) is -6.62. The van der Waals surface area contributed by atoms with Gasteiger partial charge in [0, 0.05) is 79.0 Å². The van der Waals surface area contributed by atoms with Crippen LogP contribution in [0.1, 0.15) is 54.6 Å². The molecule has 1 aromatic heterocycles. The molecule has 4 aromatic rings. The number of carbonyl (C=O) groups is 3. The summed E-state index contributed by atoms with van der Waals surface area (Å²) in [4.78, 5) is 38.9. The molecule has 0 bridgehead atoms. The molecule has 0 unspecified atom stereocenters. The van der Waals surface area contributed by atoms with Gasteiger partial charge in [-0.2, -0.15) is 16.8 Å². The first-order valence-corrected chi connectivity index (χ1v) is 22.9. The van der Waals surface area contributed by atoms with E-state index in [1.807, 2.05) is 19.2 Å². The number of amides is 3. The number of nitrogens with zero attached hydrogens (tertiary/aromatic N) is 2. The maximum absolute atomic E-state index is 14.0. The van der Waals surface area contributed by atoms with Gasteiger partial charge < -0.3 is 35.6 Å². The van der Waals surface area contributed by atoms with Gasteiger partial charge in [-0.05, 0) is 73.7 Å². The van der Waals surface area contributed by atoms with Crippen molar-refractivity contribution in [2.24, 2.45) is 0 Å². The summed E-state index contributed by atoms with van der Waals surface area (Å²) in [6.07, 6.45) is 3.16. The Morgan fingerprint density at radius 2 is 1.48 bits per heavy atom. The second kappa shape index (κ2) is 19.3. The highest BCUT2D eigenvalue weighted by Crippen LogP contribution is 2.45. The number of anilines is 1. The minimum Gasteiger partial charge on any atom is -0.453 e.